The van der Waals surface area contributed by atoms with Gasteiger partial charge in [-0.3, -0.25) is 0 Å². The van der Waals surface area contributed by atoms with E-state index in [1.54, 1.807) is 4.90 Å². The Bertz CT molecular complexity index is 559. The van der Waals surface area contributed by atoms with Crippen LogP contribution in [0.2, 0.25) is 0 Å². The highest BCUT2D eigenvalue weighted by Crippen LogP contribution is 2.30. The first-order valence-corrected chi connectivity index (χ1v) is 8.40. The van der Waals surface area contributed by atoms with Crippen molar-refractivity contribution in [2.45, 2.75) is 37.9 Å². The fourth-order valence-corrected chi connectivity index (χ4v) is 3.56. The molecule has 2 aliphatic rings. The van der Waals surface area contributed by atoms with Gasteiger partial charge < -0.3 is 15.5 Å². The van der Waals surface area contributed by atoms with Crippen LogP contribution in [0.5, 0.6) is 0 Å². The number of urea groups is 1. The molecule has 0 saturated carbocycles. The number of alkyl halides is 3. The number of anilines is 1. The quantitative estimate of drug-likeness (QED) is 0.861. The van der Waals surface area contributed by atoms with E-state index in [2.05, 4.69) is 10.6 Å². The molecular formula is C17H22F3N3O. The minimum Gasteiger partial charge on any atom is -0.325 e. The van der Waals surface area contributed by atoms with Crippen molar-refractivity contribution in [2.75, 3.05) is 25.0 Å². The van der Waals surface area contributed by atoms with Gasteiger partial charge in [-0.1, -0.05) is 0 Å². The molecular weight excluding hydrogens is 319 g/mol. The summed E-state index contributed by atoms with van der Waals surface area (Å²) in [5.41, 5.74) is -0.335. The fourth-order valence-electron chi connectivity index (χ4n) is 3.56. The molecule has 1 atom stereocenters. The van der Waals surface area contributed by atoms with Crippen molar-refractivity contribution in [3.05, 3.63) is 29.8 Å². The summed E-state index contributed by atoms with van der Waals surface area (Å²) in [4.78, 5) is 14.0. The minimum absolute atomic E-state index is 0.243. The summed E-state index contributed by atoms with van der Waals surface area (Å²) in [6, 6.07) is 4.87. The second kappa shape index (κ2) is 7.01. The van der Waals surface area contributed by atoms with E-state index in [0.29, 0.717) is 30.7 Å². The van der Waals surface area contributed by atoms with Crippen LogP contribution in [-0.2, 0) is 6.18 Å². The third-order valence-corrected chi connectivity index (χ3v) is 4.96. The molecule has 3 rings (SSSR count). The molecule has 1 unspecified atom stereocenters. The first-order valence-electron chi connectivity index (χ1n) is 8.40. The average molecular weight is 341 g/mol. The Balaban J connectivity index is 1.50. The van der Waals surface area contributed by atoms with E-state index in [1.807, 2.05) is 0 Å². The number of nitrogens with zero attached hydrogens (tertiary/aromatic N) is 1. The summed E-state index contributed by atoms with van der Waals surface area (Å²) in [5.74, 6) is 0.614. The Labute approximate surface area is 139 Å². The van der Waals surface area contributed by atoms with E-state index < -0.39 is 11.7 Å². The first kappa shape index (κ1) is 17.1. The molecule has 0 aromatic heterocycles. The van der Waals surface area contributed by atoms with Crippen LogP contribution >= 0.6 is 0 Å². The molecule has 0 spiro atoms. The number of piperidine rings is 1. The van der Waals surface area contributed by atoms with Crippen LogP contribution in [0.4, 0.5) is 23.7 Å². The minimum atomic E-state index is -4.36. The Hall–Kier alpha value is -1.76. The number of carbonyl (C=O) groups is 1. The van der Waals surface area contributed by atoms with E-state index >= 15 is 0 Å². The first-order chi connectivity index (χ1) is 11.4. The molecule has 0 aliphatic carbocycles. The third kappa shape index (κ3) is 4.01. The molecule has 4 nitrogen and oxygen atoms in total. The van der Waals surface area contributed by atoms with Crippen LogP contribution in [-0.4, -0.2) is 36.6 Å². The van der Waals surface area contributed by atoms with Crippen LogP contribution in [0.3, 0.4) is 0 Å². The van der Waals surface area contributed by atoms with Gasteiger partial charge in [-0.2, -0.15) is 13.2 Å². The maximum Gasteiger partial charge on any atom is 0.416 e. The molecule has 2 aliphatic heterocycles. The predicted molar refractivity (Wildman–Crippen MR) is 85.8 cm³/mol. The summed E-state index contributed by atoms with van der Waals surface area (Å²) >= 11 is 0. The van der Waals surface area contributed by atoms with Gasteiger partial charge in [0.2, 0.25) is 0 Å². The number of amides is 2. The van der Waals surface area contributed by atoms with E-state index in [0.717, 1.165) is 31.5 Å². The summed E-state index contributed by atoms with van der Waals surface area (Å²) in [6.07, 6.45) is 0.0105. The van der Waals surface area contributed by atoms with Gasteiger partial charge in [-0.25, -0.2) is 4.79 Å². The molecule has 0 radical (unpaired) electrons. The van der Waals surface area contributed by atoms with Gasteiger partial charge >= 0.3 is 12.2 Å². The fraction of sp³-hybridized carbons (Fsp3) is 0.588. The lowest BCUT2D eigenvalue weighted by atomic mass is 9.89. The van der Waals surface area contributed by atoms with Crippen molar-refractivity contribution in [3.63, 3.8) is 0 Å². The van der Waals surface area contributed by atoms with Crippen LogP contribution in [0.15, 0.2) is 24.3 Å². The number of carbonyl (C=O) groups excluding carboxylic acids is 1. The standard InChI is InChI=1S/C17H22F3N3O/c18-17(19,20)13-3-5-14(6-4-13)22-16(24)23-10-7-12(8-11-23)15-2-1-9-21-15/h3-6,12,15,21H,1-2,7-11H2,(H,22,24). The Kier molecular flexibility index (Phi) is 4.99. The van der Waals surface area contributed by atoms with E-state index in [1.165, 1.54) is 25.0 Å². The maximum absolute atomic E-state index is 12.5. The summed E-state index contributed by atoms with van der Waals surface area (Å²) in [7, 11) is 0. The lowest BCUT2D eigenvalue weighted by Gasteiger charge is -2.34. The average Bonchev–Trinajstić information content (AvgIpc) is 3.09. The third-order valence-electron chi connectivity index (χ3n) is 4.96. The summed E-state index contributed by atoms with van der Waals surface area (Å²) in [5, 5.41) is 6.20. The molecule has 2 saturated heterocycles. The second-order valence-corrected chi connectivity index (χ2v) is 6.53. The van der Waals surface area contributed by atoms with E-state index in [9.17, 15) is 18.0 Å². The van der Waals surface area contributed by atoms with Gasteiger partial charge in [-0.15, -0.1) is 0 Å². The number of hydrogen-bond donors (Lipinski definition) is 2. The van der Waals surface area contributed by atoms with Crippen molar-refractivity contribution < 1.29 is 18.0 Å². The van der Waals surface area contributed by atoms with E-state index in [4.69, 9.17) is 0 Å². The Morgan fingerprint density at radius 1 is 1.12 bits per heavy atom. The lowest BCUT2D eigenvalue weighted by molar-refractivity contribution is -0.137. The number of rotatable bonds is 2. The predicted octanol–water partition coefficient (Wildman–Crippen LogP) is 3.70. The highest BCUT2D eigenvalue weighted by atomic mass is 19.4. The van der Waals surface area contributed by atoms with Gasteiger partial charge in [0.05, 0.1) is 5.56 Å². The van der Waals surface area contributed by atoms with Gasteiger partial charge in [0.1, 0.15) is 0 Å². The molecule has 1 aromatic rings. The maximum atomic E-state index is 12.5. The SMILES string of the molecule is O=C(Nc1ccc(C(F)(F)F)cc1)N1CCC(C2CCCN2)CC1. The monoisotopic (exact) mass is 341 g/mol. The van der Waals surface area contributed by atoms with Crippen molar-refractivity contribution in [1.82, 2.24) is 10.2 Å². The number of nitrogens with one attached hydrogen (secondary N) is 2. The normalized spacial score (nSPS) is 22.6. The van der Waals surface area contributed by atoms with Crippen LogP contribution < -0.4 is 10.6 Å². The van der Waals surface area contributed by atoms with Gasteiger partial charge in [0.25, 0.3) is 0 Å². The Morgan fingerprint density at radius 3 is 2.33 bits per heavy atom. The zero-order valence-electron chi connectivity index (χ0n) is 13.4. The second-order valence-electron chi connectivity index (χ2n) is 6.53. The largest absolute Gasteiger partial charge is 0.416 e. The molecule has 0 bridgehead atoms. The highest BCUT2D eigenvalue weighted by molar-refractivity contribution is 5.89. The molecule has 2 heterocycles. The molecule has 2 amide bonds. The van der Waals surface area contributed by atoms with Crippen molar-refractivity contribution in [1.29, 1.82) is 0 Å². The number of halogens is 3. The van der Waals surface area contributed by atoms with Crippen molar-refractivity contribution >= 4 is 11.7 Å². The van der Waals surface area contributed by atoms with Crippen molar-refractivity contribution in [2.24, 2.45) is 5.92 Å². The molecule has 24 heavy (non-hydrogen) atoms. The topological polar surface area (TPSA) is 44.4 Å². The molecule has 2 fully saturated rings. The van der Waals surface area contributed by atoms with Gasteiger partial charge in [0.15, 0.2) is 0 Å². The van der Waals surface area contributed by atoms with E-state index in [-0.39, 0.29) is 6.03 Å². The highest BCUT2D eigenvalue weighted by Gasteiger charge is 2.31. The smallest absolute Gasteiger partial charge is 0.325 e. The summed E-state index contributed by atoms with van der Waals surface area (Å²) in [6.45, 7) is 2.46. The Morgan fingerprint density at radius 2 is 1.79 bits per heavy atom. The number of likely N-dealkylation sites (tertiary alicyclic amines) is 1. The lowest BCUT2D eigenvalue weighted by Crippen LogP contribution is -2.44. The van der Waals surface area contributed by atoms with Gasteiger partial charge in [0, 0.05) is 24.8 Å². The zero-order valence-corrected chi connectivity index (χ0v) is 13.4. The van der Waals surface area contributed by atoms with Crippen molar-refractivity contribution in [3.8, 4) is 0 Å². The summed E-state index contributed by atoms with van der Waals surface area (Å²) < 4.78 is 37.6. The molecule has 1 aromatic carbocycles. The number of benzene rings is 1. The molecule has 2 N–H and O–H groups in total. The van der Waals surface area contributed by atoms with Crippen LogP contribution in [0, 0.1) is 5.92 Å². The van der Waals surface area contributed by atoms with Crippen LogP contribution in [0.1, 0.15) is 31.2 Å². The zero-order chi connectivity index (χ0) is 17.2. The number of hydrogen-bond acceptors (Lipinski definition) is 2. The molecule has 7 heteroatoms. The van der Waals surface area contributed by atoms with Crippen LogP contribution in [0.25, 0.3) is 0 Å². The molecule has 132 valence electrons. The van der Waals surface area contributed by atoms with Gasteiger partial charge in [-0.05, 0) is 62.4 Å².